The first-order valence-corrected chi connectivity index (χ1v) is 7.73. The molecule has 0 bridgehead atoms. The Morgan fingerprint density at radius 3 is 2.57 bits per heavy atom. The van der Waals surface area contributed by atoms with Crippen molar-refractivity contribution < 1.29 is 32.9 Å². The SMILES string of the molecule is O=C([O-])C(F)(F)F.c1csc(-c2noc(C3CC[NH2+]CC3)n2)c1. The van der Waals surface area contributed by atoms with Crippen LogP contribution in [-0.4, -0.2) is 35.4 Å². The van der Waals surface area contributed by atoms with E-state index in [0.717, 1.165) is 29.4 Å². The third-order valence-corrected chi connectivity index (χ3v) is 4.07. The lowest BCUT2D eigenvalue weighted by molar-refractivity contribution is -0.663. The van der Waals surface area contributed by atoms with Crippen LogP contribution < -0.4 is 10.4 Å². The summed E-state index contributed by atoms with van der Waals surface area (Å²) in [6.07, 6.45) is -2.90. The van der Waals surface area contributed by atoms with Gasteiger partial charge in [0.05, 0.1) is 18.0 Å². The lowest BCUT2D eigenvalue weighted by Crippen LogP contribution is -2.86. The summed E-state index contributed by atoms with van der Waals surface area (Å²) >= 11 is 1.64. The second-order valence-electron chi connectivity index (χ2n) is 4.86. The van der Waals surface area contributed by atoms with Crippen molar-refractivity contribution in [3.05, 3.63) is 23.4 Å². The molecule has 3 heterocycles. The monoisotopic (exact) mass is 349 g/mol. The van der Waals surface area contributed by atoms with Gasteiger partial charge in [-0.1, -0.05) is 11.2 Å². The maximum Gasteiger partial charge on any atom is 0.430 e. The summed E-state index contributed by atoms with van der Waals surface area (Å²) in [6.45, 7) is 2.34. The molecule has 2 aromatic heterocycles. The highest BCUT2D eigenvalue weighted by Gasteiger charge is 2.28. The van der Waals surface area contributed by atoms with Crippen LogP contribution >= 0.6 is 11.3 Å². The molecule has 0 aromatic carbocycles. The van der Waals surface area contributed by atoms with Crippen LogP contribution in [0.4, 0.5) is 13.2 Å². The minimum Gasteiger partial charge on any atom is -0.542 e. The Morgan fingerprint density at radius 1 is 1.39 bits per heavy atom. The second kappa shape index (κ2) is 7.55. The van der Waals surface area contributed by atoms with Gasteiger partial charge < -0.3 is 19.7 Å². The van der Waals surface area contributed by atoms with Gasteiger partial charge in [0.15, 0.2) is 0 Å². The van der Waals surface area contributed by atoms with E-state index in [1.807, 2.05) is 17.5 Å². The molecule has 2 aromatic rings. The number of quaternary nitrogens is 1. The highest BCUT2D eigenvalue weighted by atomic mass is 32.1. The summed E-state index contributed by atoms with van der Waals surface area (Å²) in [5, 5.41) is 17.2. The fraction of sp³-hybridized carbons (Fsp3) is 0.462. The number of carboxylic acid groups (broad SMARTS) is 1. The molecule has 126 valence electrons. The third-order valence-electron chi connectivity index (χ3n) is 3.20. The van der Waals surface area contributed by atoms with E-state index < -0.39 is 12.1 Å². The number of halogens is 3. The number of alkyl halides is 3. The molecule has 0 saturated carbocycles. The molecule has 0 atom stereocenters. The molecule has 0 aliphatic carbocycles. The molecule has 0 spiro atoms. The van der Waals surface area contributed by atoms with E-state index in [1.54, 1.807) is 11.3 Å². The number of hydrogen-bond acceptors (Lipinski definition) is 6. The highest BCUT2D eigenvalue weighted by molar-refractivity contribution is 7.13. The first-order valence-electron chi connectivity index (χ1n) is 6.85. The second-order valence-corrected chi connectivity index (χ2v) is 5.81. The fourth-order valence-electron chi connectivity index (χ4n) is 2.08. The van der Waals surface area contributed by atoms with Gasteiger partial charge in [-0.05, 0) is 11.4 Å². The van der Waals surface area contributed by atoms with Gasteiger partial charge in [-0.3, -0.25) is 0 Å². The first-order chi connectivity index (χ1) is 10.9. The highest BCUT2D eigenvalue weighted by Crippen LogP contribution is 2.26. The maximum absolute atomic E-state index is 10.5. The zero-order valence-corrected chi connectivity index (χ0v) is 12.7. The van der Waals surface area contributed by atoms with Crippen molar-refractivity contribution in [2.24, 2.45) is 0 Å². The smallest absolute Gasteiger partial charge is 0.430 e. The Hall–Kier alpha value is -1.94. The van der Waals surface area contributed by atoms with Crippen LogP contribution in [-0.2, 0) is 4.79 Å². The number of hydrogen-bond donors (Lipinski definition) is 1. The summed E-state index contributed by atoms with van der Waals surface area (Å²) in [7, 11) is 0. The van der Waals surface area contributed by atoms with Crippen LogP contribution in [0.25, 0.3) is 10.7 Å². The number of aromatic nitrogens is 2. The number of thiophene rings is 1. The zero-order valence-electron chi connectivity index (χ0n) is 11.9. The summed E-state index contributed by atoms with van der Waals surface area (Å²) in [5.74, 6) is -0.991. The van der Waals surface area contributed by atoms with Crippen molar-refractivity contribution in [1.82, 2.24) is 10.1 Å². The van der Waals surface area contributed by atoms with Gasteiger partial charge in [0.1, 0.15) is 5.97 Å². The van der Waals surface area contributed by atoms with E-state index in [9.17, 15) is 13.2 Å². The van der Waals surface area contributed by atoms with E-state index in [1.165, 1.54) is 13.1 Å². The Kier molecular flexibility index (Phi) is 5.72. The molecule has 1 aliphatic rings. The van der Waals surface area contributed by atoms with Gasteiger partial charge in [0.2, 0.25) is 11.7 Å². The minimum atomic E-state index is -5.19. The molecule has 6 nitrogen and oxygen atoms in total. The summed E-state index contributed by atoms with van der Waals surface area (Å²) in [4.78, 5) is 14.4. The van der Waals surface area contributed by atoms with Gasteiger partial charge >= 0.3 is 6.18 Å². The molecule has 1 saturated heterocycles. The van der Waals surface area contributed by atoms with Crippen LogP contribution in [0.15, 0.2) is 22.0 Å². The van der Waals surface area contributed by atoms with Crippen molar-refractivity contribution in [2.45, 2.75) is 24.9 Å². The van der Waals surface area contributed by atoms with E-state index in [0.29, 0.717) is 5.92 Å². The normalized spacial score (nSPS) is 15.8. The van der Waals surface area contributed by atoms with Crippen LogP contribution in [0.5, 0.6) is 0 Å². The quantitative estimate of drug-likeness (QED) is 0.854. The Morgan fingerprint density at radius 2 is 2.04 bits per heavy atom. The van der Waals surface area contributed by atoms with Crippen molar-refractivity contribution in [3.63, 3.8) is 0 Å². The summed E-state index contributed by atoms with van der Waals surface area (Å²) in [5.41, 5.74) is 0. The van der Waals surface area contributed by atoms with Gasteiger partial charge in [-0.25, -0.2) is 0 Å². The number of carboxylic acids is 1. The molecular formula is C13H14F3N3O3S. The number of carbonyl (C=O) groups excluding carboxylic acids is 1. The van der Waals surface area contributed by atoms with E-state index in [2.05, 4.69) is 15.5 Å². The number of aliphatic carboxylic acids is 1. The summed E-state index contributed by atoms with van der Waals surface area (Å²) in [6, 6.07) is 4.03. The molecule has 0 unspecified atom stereocenters. The van der Waals surface area contributed by atoms with E-state index >= 15 is 0 Å². The molecule has 1 aliphatic heterocycles. The average molecular weight is 349 g/mol. The van der Waals surface area contributed by atoms with Crippen molar-refractivity contribution in [2.75, 3.05) is 13.1 Å². The fourth-order valence-corrected chi connectivity index (χ4v) is 2.73. The van der Waals surface area contributed by atoms with Crippen molar-refractivity contribution in [1.29, 1.82) is 0 Å². The predicted molar refractivity (Wildman–Crippen MR) is 72.3 cm³/mol. The average Bonchev–Trinajstić information content (AvgIpc) is 3.19. The largest absolute Gasteiger partial charge is 0.542 e. The standard InChI is InChI=1S/C11H13N3OS.C2HF3O2/c1-2-9(16-7-1)10-13-11(15-14-10)8-3-5-12-6-4-8;3-2(4,5)1(6)7/h1-2,7-8,12H,3-6H2;(H,6,7). The first kappa shape index (κ1) is 17.4. The zero-order chi connectivity index (χ0) is 16.9. The topological polar surface area (TPSA) is 95.7 Å². The molecule has 0 radical (unpaired) electrons. The lowest BCUT2D eigenvalue weighted by atomic mass is 9.98. The third kappa shape index (κ3) is 5.03. The van der Waals surface area contributed by atoms with Crippen LogP contribution in [0.2, 0.25) is 0 Å². The molecular weight excluding hydrogens is 335 g/mol. The summed E-state index contributed by atoms with van der Waals surface area (Å²) < 4.78 is 36.9. The lowest BCUT2D eigenvalue weighted by Gasteiger charge is -2.15. The molecule has 3 rings (SSSR count). The van der Waals surface area contributed by atoms with E-state index in [4.69, 9.17) is 14.4 Å². The number of nitrogens with zero attached hydrogens (tertiary/aromatic N) is 2. The van der Waals surface area contributed by atoms with Crippen LogP contribution in [0.1, 0.15) is 24.7 Å². The number of nitrogens with two attached hydrogens (primary N) is 1. The number of carbonyl (C=O) groups is 1. The number of piperidine rings is 1. The van der Waals surface area contributed by atoms with Gasteiger partial charge in [0.25, 0.3) is 0 Å². The number of rotatable bonds is 2. The molecule has 0 amide bonds. The van der Waals surface area contributed by atoms with E-state index in [-0.39, 0.29) is 0 Å². The predicted octanol–water partition coefficient (Wildman–Crippen LogP) is 0.537. The van der Waals surface area contributed by atoms with Crippen molar-refractivity contribution >= 4 is 17.3 Å². The molecule has 10 heteroatoms. The van der Waals surface area contributed by atoms with Crippen LogP contribution in [0.3, 0.4) is 0 Å². The van der Waals surface area contributed by atoms with Gasteiger partial charge in [-0.2, -0.15) is 18.2 Å². The minimum absolute atomic E-state index is 0.464. The van der Waals surface area contributed by atoms with Crippen LogP contribution in [0, 0.1) is 0 Å². The molecule has 1 fully saturated rings. The molecule has 23 heavy (non-hydrogen) atoms. The Balaban J connectivity index is 0.000000236. The van der Waals surface area contributed by atoms with Crippen molar-refractivity contribution in [3.8, 4) is 10.7 Å². The van der Waals surface area contributed by atoms with Gasteiger partial charge in [-0.15, -0.1) is 11.3 Å². The van der Waals surface area contributed by atoms with Gasteiger partial charge in [0, 0.05) is 18.8 Å². The molecule has 2 N–H and O–H groups in total. The Bertz CT molecular complexity index is 622. The Labute approximate surface area is 133 Å². The maximum atomic E-state index is 10.5.